The van der Waals surface area contributed by atoms with E-state index >= 15 is 0 Å². The number of carbonyl (C=O) groups excluding carboxylic acids is 1. The van der Waals surface area contributed by atoms with Crippen LogP contribution in [0.2, 0.25) is 0 Å². The molecular weight excluding hydrogens is 419 g/mol. The van der Waals surface area contributed by atoms with Gasteiger partial charge in [0, 0.05) is 5.56 Å². The number of hydrazone groups is 1. The molecular formula is C26H23FN4O2. The molecule has 0 unspecified atom stereocenters. The van der Waals surface area contributed by atoms with Gasteiger partial charge in [0.25, 0.3) is 5.91 Å². The minimum absolute atomic E-state index is 0.278. The highest BCUT2D eigenvalue weighted by Crippen LogP contribution is 2.22. The van der Waals surface area contributed by atoms with Gasteiger partial charge in [-0.3, -0.25) is 9.89 Å². The van der Waals surface area contributed by atoms with E-state index in [1.54, 1.807) is 25.1 Å². The highest BCUT2D eigenvalue weighted by atomic mass is 19.1. The molecule has 33 heavy (non-hydrogen) atoms. The maximum Gasteiger partial charge on any atom is 0.289 e. The van der Waals surface area contributed by atoms with E-state index in [2.05, 4.69) is 39.8 Å². The van der Waals surface area contributed by atoms with Gasteiger partial charge in [0.2, 0.25) is 0 Å². The summed E-state index contributed by atoms with van der Waals surface area (Å²) >= 11 is 0. The van der Waals surface area contributed by atoms with E-state index in [-0.39, 0.29) is 11.5 Å². The third kappa shape index (κ3) is 5.71. The van der Waals surface area contributed by atoms with Gasteiger partial charge in [-0.1, -0.05) is 42.0 Å². The van der Waals surface area contributed by atoms with Crippen molar-refractivity contribution in [1.29, 1.82) is 0 Å². The zero-order valence-corrected chi connectivity index (χ0v) is 18.3. The molecule has 1 aromatic heterocycles. The molecule has 0 bridgehead atoms. The summed E-state index contributed by atoms with van der Waals surface area (Å²) in [5.74, 6) is -0.00173. The van der Waals surface area contributed by atoms with Crippen molar-refractivity contribution in [1.82, 2.24) is 15.6 Å². The Morgan fingerprint density at radius 1 is 1.03 bits per heavy atom. The quantitative estimate of drug-likeness (QED) is 0.303. The van der Waals surface area contributed by atoms with Gasteiger partial charge in [-0.2, -0.15) is 10.2 Å². The summed E-state index contributed by atoms with van der Waals surface area (Å²) in [5.41, 5.74) is 7.83. The van der Waals surface area contributed by atoms with Crippen LogP contribution in [0.1, 0.15) is 34.1 Å². The van der Waals surface area contributed by atoms with Gasteiger partial charge in [0.05, 0.1) is 11.4 Å². The van der Waals surface area contributed by atoms with Crippen molar-refractivity contribution in [3.05, 3.63) is 107 Å². The molecule has 0 fully saturated rings. The van der Waals surface area contributed by atoms with Crippen molar-refractivity contribution in [2.45, 2.75) is 20.5 Å². The summed E-state index contributed by atoms with van der Waals surface area (Å²) in [4.78, 5) is 12.4. The van der Waals surface area contributed by atoms with Crippen LogP contribution in [0, 0.1) is 12.7 Å². The Morgan fingerprint density at radius 3 is 2.42 bits per heavy atom. The molecule has 0 spiro atoms. The van der Waals surface area contributed by atoms with Crippen LogP contribution in [0.4, 0.5) is 4.39 Å². The number of aryl methyl sites for hydroxylation is 1. The van der Waals surface area contributed by atoms with Crippen LogP contribution in [0.3, 0.4) is 0 Å². The number of nitrogens with zero attached hydrogens (tertiary/aromatic N) is 2. The number of aromatic nitrogens is 2. The third-order valence-electron chi connectivity index (χ3n) is 5.09. The molecule has 0 atom stereocenters. The lowest BCUT2D eigenvalue weighted by Gasteiger charge is -2.07. The van der Waals surface area contributed by atoms with Crippen molar-refractivity contribution in [2.75, 3.05) is 0 Å². The lowest BCUT2D eigenvalue weighted by molar-refractivity contribution is 0.0950. The number of hydrogen-bond donors (Lipinski definition) is 2. The second kappa shape index (κ2) is 9.91. The lowest BCUT2D eigenvalue weighted by atomic mass is 10.1. The second-order valence-corrected chi connectivity index (χ2v) is 7.61. The summed E-state index contributed by atoms with van der Waals surface area (Å²) in [5, 5.41) is 11.0. The van der Waals surface area contributed by atoms with Crippen LogP contribution in [0.15, 0.2) is 84.0 Å². The highest BCUT2D eigenvalue weighted by Gasteiger charge is 2.11. The Bertz CT molecular complexity index is 1260. The standard InChI is InChI=1S/C26H23FN4O2/c1-17-3-5-19(6-4-17)16-33-23-13-9-21(10-14-23)24-15-25(30-29-24)26(32)31-28-18(2)20-7-11-22(27)12-8-20/h3-15H,16H2,1-2H3,(H,29,30)(H,31,32)/b28-18-. The lowest BCUT2D eigenvalue weighted by Crippen LogP contribution is -2.19. The molecule has 0 aliphatic rings. The smallest absolute Gasteiger partial charge is 0.289 e. The number of halogens is 1. The Balaban J connectivity index is 1.36. The zero-order valence-electron chi connectivity index (χ0n) is 18.3. The van der Waals surface area contributed by atoms with Crippen molar-refractivity contribution in [2.24, 2.45) is 5.10 Å². The number of carbonyl (C=O) groups is 1. The van der Waals surface area contributed by atoms with E-state index in [0.717, 1.165) is 16.9 Å². The number of hydrogen-bond acceptors (Lipinski definition) is 4. The first-order valence-corrected chi connectivity index (χ1v) is 10.4. The molecule has 3 aromatic carbocycles. The van der Waals surface area contributed by atoms with Crippen molar-refractivity contribution >= 4 is 11.6 Å². The normalized spacial score (nSPS) is 11.3. The van der Waals surface area contributed by atoms with E-state index in [1.807, 2.05) is 36.4 Å². The predicted octanol–water partition coefficient (Wildman–Crippen LogP) is 5.26. The summed E-state index contributed by atoms with van der Waals surface area (Å²) in [6.45, 7) is 4.27. The summed E-state index contributed by atoms with van der Waals surface area (Å²) in [7, 11) is 0. The molecule has 166 valence electrons. The first kappa shape index (κ1) is 22.0. The molecule has 7 heteroatoms. The van der Waals surface area contributed by atoms with Crippen molar-refractivity contribution in [3.8, 4) is 17.0 Å². The minimum Gasteiger partial charge on any atom is -0.489 e. The maximum absolute atomic E-state index is 13.0. The van der Waals surface area contributed by atoms with Gasteiger partial charge in [0.15, 0.2) is 0 Å². The molecule has 2 N–H and O–H groups in total. The zero-order chi connectivity index (χ0) is 23.2. The van der Waals surface area contributed by atoms with Crippen LogP contribution < -0.4 is 10.2 Å². The van der Waals surface area contributed by atoms with Crippen LogP contribution >= 0.6 is 0 Å². The Kier molecular flexibility index (Phi) is 6.59. The van der Waals surface area contributed by atoms with Crippen LogP contribution in [0.25, 0.3) is 11.3 Å². The molecule has 1 heterocycles. The van der Waals surface area contributed by atoms with Crippen LogP contribution in [0.5, 0.6) is 5.75 Å². The van der Waals surface area contributed by atoms with Gasteiger partial charge in [-0.25, -0.2) is 9.82 Å². The van der Waals surface area contributed by atoms with E-state index in [9.17, 15) is 9.18 Å². The number of nitrogens with one attached hydrogen (secondary N) is 2. The molecule has 0 saturated carbocycles. The van der Waals surface area contributed by atoms with E-state index in [1.165, 1.54) is 17.7 Å². The fraction of sp³-hybridized carbons (Fsp3) is 0.115. The first-order valence-electron chi connectivity index (χ1n) is 10.4. The number of benzene rings is 3. The molecule has 0 aliphatic heterocycles. The average molecular weight is 442 g/mol. The van der Waals surface area contributed by atoms with Crippen LogP contribution in [-0.2, 0) is 6.61 Å². The fourth-order valence-corrected chi connectivity index (χ4v) is 3.11. The predicted molar refractivity (Wildman–Crippen MR) is 126 cm³/mol. The molecule has 0 aliphatic carbocycles. The summed E-state index contributed by atoms with van der Waals surface area (Å²) in [6, 6.07) is 23.3. The average Bonchev–Trinajstić information content (AvgIpc) is 3.33. The number of amides is 1. The van der Waals surface area contributed by atoms with Gasteiger partial charge >= 0.3 is 0 Å². The minimum atomic E-state index is -0.423. The maximum atomic E-state index is 13.0. The molecule has 0 radical (unpaired) electrons. The number of H-pyrrole nitrogens is 1. The summed E-state index contributed by atoms with van der Waals surface area (Å²) in [6.07, 6.45) is 0. The number of rotatable bonds is 7. The molecule has 4 aromatic rings. The van der Waals surface area contributed by atoms with Crippen molar-refractivity contribution < 1.29 is 13.9 Å². The van der Waals surface area contributed by atoms with E-state index in [4.69, 9.17) is 4.74 Å². The van der Waals surface area contributed by atoms with Gasteiger partial charge in [0.1, 0.15) is 23.9 Å². The SMILES string of the molecule is C/C(=N/NC(=O)c1cc(-c2ccc(OCc3ccc(C)cc3)cc2)n[nH]1)c1ccc(F)cc1. The van der Waals surface area contributed by atoms with Crippen molar-refractivity contribution in [3.63, 3.8) is 0 Å². The first-order chi connectivity index (χ1) is 16.0. The summed E-state index contributed by atoms with van der Waals surface area (Å²) < 4.78 is 18.9. The fourth-order valence-electron chi connectivity index (χ4n) is 3.11. The third-order valence-corrected chi connectivity index (χ3v) is 5.09. The topological polar surface area (TPSA) is 79.4 Å². The molecule has 0 saturated heterocycles. The second-order valence-electron chi connectivity index (χ2n) is 7.61. The van der Waals surface area contributed by atoms with Gasteiger partial charge in [-0.05, 0) is 67.4 Å². The van der Waals surface area contributed by atoms with E-state index < -0.39 is 5.91 Å². The molecule has 1 amide bonds. The Morgan fingerprint density at radius 2 is 1.73 bits per heavy atom. The largest absolute Gasteiger partial charge is 0.489 e. The molecule has 6 nitrogen and oxygen atoms in total. The highest BCUT2D eigenvalue weighted by molar-refractivity contribution is 6.00. The van der Waals surface area contributed by atoms with Gasteiger partial charge < -0.3 is 4.74 Å². The van der Waals surface area contributed by atoms with Gasteiger partial charge in [-0.15, -0.1) is 0 Å². The Labute approximate surface area is 191 Å². The monoisotopic (exact) mass is 442 g/mol. The number of aromatic amines is 1. The van der Waals surface area contributed by atoms with E-state index in [0.29, 0.717) is 23.6 Å². The molecule has 4 rings (SSSR count). The Hall–Kier alpha value is -4.26. The van der Waals surface area contributed by atoms with Crippen LogP contribution in [-0.4, -0.2) is 21.8 Å². The number of ether oxygens (including phenoxy) is 1.